The van der Waals surface area contributed by atoms with Crippen LogP contribution >= 0.6 is 0 Å². The van der Waals surface area contributed by atoms with Gasteiger partial charge >= 0.3 is 0 Å². The molecule has 1 amide bonds. The van der Waals surface area contributed by atoms with Crippen LogP contribution in [0.15, 0.2) is 18.2 Å². The second-order valence-electron chi connectivity index (χ2n) is 5.36. The minimum absolute atomic E-state index is 0.0826. The zero-order chi connectivity index (χ0) is 15.4. The number of aromatic hydroxyl groups is 1. The van der Waals surface area contributed by atoms with E-state index in [2.05, 4.69) is 5.32 Å². The Labute approximate surface area is 122 Å². The molecule has 1 aliphatic rings. The summed E-state index contributed by atoms with van der Waals surface area (Å²) in [7, 11) is 0. The van der Waals surface area contributed by atoms with Crippen LogP contribution in [-0.2, 0) is 4.79 Å². The van der Waals surface area contributed by atoms with Crippen LogP contribution in [0.5, 0.6) is 5.75 Å². The minimum atomic E-state index is -0.637. The maximum atomic E-state index is 12.3. The molecule has 1 saturated carbocycles. The number of phenols is 1. The smallest absolute Gasteiger partial charge is 0.296 e. The van der Waals surface area contributed by atoms with Gasteiger partial charge in [-0.15, -0.1) is 0 Å². The third-order valence-electron chi connectivity index (χ3n) is 3.84. The molecule has 0 aliphatic heterocycles. The molecule has 7 nitrogen and oxygen atoms in total. The van der Waals surface area contributed by atoms with Gasteiger partial charge in [-0.2, -0.15) is 0 Å². The van der Waals surface area contributed by atoms with Crippen LogP contribution in [0, 0.1) is 16.0 Å². The van der Waals surface area contributed by atoms with Crippen molar-refractivity contribution in [3.63, 3.8) is 0 Å². The van der Waals surface area contributed by atoms with Crippen molar-refractivity contribution in [2.24, 2.45) is 11.7 Å². The number of phenolic OH excluding ortho intramolecular Hbond substituents is 1. The van der Waals surface area contributed by atoms with Crippen molar-refractivity contribution in [1.82, 2.24) is 0 Å². The number of rotatable bonds is 3. The lowest BCUT2D eigenvalue weighted by molar-refractivity contribution is -0.384. The van der Waals surface area contributed by atoms with Crippen molar-refractivity contribution >= 4 is 17.3 Å². The average Bonchev–Trinajstić information content (AvgIpc) is 2.65. The molecule has 0 bridgehead atoms. The highest BCUT2D eigenvalue weighted by Crippen LogP contribution is 2.30. The van der Waals surface area contributed by atoms with Crippen molar-refractivity contribution in [3.8, 4) is 5.75 Å². The van der Waals surface area contributed by atoms with Crippen molar-refractivity contribution < 1.29 is 14.8 Å². The van der Waals surface area contributed by atoms with E-state index < -0.39 is 4.92 Å². The first-order valence-corrected chi connectivity index (χ1v) is 7.03. The highest BCUT2D eigenvalue weighted by Gasteiger charge is 2.28. The van der Waals surface area contributed by atoms with E-state index in [0.29, 0.717) is 6.42 Å². The molecule has 4 N–H and O–H groups in total. The quantitative estimate of drug-likeness (QED) is 0.341. The number of nitro benzene ring substituents is 1. The molecule has 21 heavy (non-hydrogen) atoms. The Kier molecular flexibility index (Phi) is 4.74. The van der Waals surface area contributed by atoms with Crippen LogP contribution < -0.4 is 11.1 Å². The van der Waals surface area contributed by atoms with Crippen molar-refractivity contribution in [2.45, 2.75) is 38.1 Å². The number of nitrogens with zero attached hydrogens (tertiary/aromatic N) is 1. The molecule has 0 radical (unpaired) electrons. The maximum Gasteiger partial charge on any atom is 0.296 e. The molecule has 1 fully saturated rings. The summed E-state index contributed by atoms with van der Waals surface area (Å²) in [6.07, 6.45) is 4.47. The Morgan fingerprint density at radius 1 is 1.33 bits per heavy atom. The van der Waals surface area contributed by atoms with Crippen LogP contribution in [0.3, 0.4) is 0 Å². The first-order valence-electron chi connectivity index (χ1n) is 7.03. The van der Waals surface area contributed by atoms with E-state index in [1.165, 1.54) is 12.1 Å². The van der Waals surface area contributed by atoms with Gasteiger partial charge in [0.25, 0.3) is 5.69 Å². The fraction of sp³-hybridized carbons (Fsp3) is 0.500. The average molecular weight is 293 g/mol. The van der Waals surface area contributed by atoms with Crippen LogP contribution in [-0.4, -0.2) is 22.0 Å². The van der Waals surface area contributed by atoms with Gasteiger partial charge in [-0.05, 0) is 25.0 Å². The number of nitrogens with two attached hydrogens (primary N) is 1. The fourth-order valence-corrected chi connectivity index (χ4v) is 2.66. The number of benzene rings is 1. The van der Waals surface area contributed by atoms with E-state index in [-0.39, 0.29) is 35.0 Å². The predicted molar refractivity (Wildman–Crippen MR) is 77.9 cm³/mol. The van der Waals surface area contributed by atoms with Gasteiger partial charge in [0.05, 0.1) is 16.9 Å². The van der Waals surface area contributed by atoms with Gasteiger partial charge in [-0.25, -0.2) is 0 Å². The Bertz CT molecular complexity index is 547. The van der Waals surface area contributed by atoms with Crippen LogP contribution in [0.4, 0.5) is 11.4 Å². The number of hydrogen-bond donors (Lipinski definition) is 3. The molecule has 2 unspecified atom stereocenters. The number of amides is 1. The molecule has 0 heterocycles. The molecule has 114 valence electrons. The second-order valence-corrected chi connectivity index (χ2v) is 5.36. The second kappa shape index (κ2) is 6.53. The van der Waals surface area contributed by atoms with Gasteiger partial charge in [0.15, 0.2) is 0 Å². The third kappa shape index (κ3) is 3.69. The maximum absolute atomic E-state index is 12.3. The summed E-state index contributed by atoms with van der Waals surface area (Å²) in [5.74, 6) is -0.843. The molecular weight excluding hydrogens is 274 g/mol. The van der Waals surface area contributed by atoms with E-state index in [9.17, 15) is 20.0 Å². The molecule has 2 rings (SSSR count). The monoisotopic (exact) mass is 293 g/mol. The van der Waals surface area contributed by atoms with Crippen molar-refractivity contribution in [3.05, 3.63) is 28.3 Å². The molecular formula is C14H19N3O4. The first kappa shape index (κ1) is 15.2. The Morgan fingerprint density at radius 2 is 2.05 bits per heavy atom. The summed E-state index contributed by atoms with van der Waals surface area (Å²) in [5.41, 5.74) is 5.78. The molecule has 7 heteroatoms. The van der Waals surface area contributed by atoms with Crippen LogP contribution in [0.25, 0.3) is 0 Å². The zero-order valence-electron chi connectivity index (χ0n) is 11.6. The Balaban J connectivity index is 2.17. The lowest BCUT2D eigenvalue weighted by Gasteiger charge is -2.20. The van der Waals surface area contributed by atoms with Crippen LogP contribution in [0.2, 0.25) is 0 Å². The van der Waals surface area contributed by atoms with Gasteiger partial charge in [0.2, 0.25) is 5.91 Å². The van der Waals surface area contributed by atoms with Gasteiger partial charge < -0.3 is 16.2 Å². The summed E-state index contributed by atoms with van der Waals surface area (Å²) in [6.45, 7) is 0. The Morgan fingerprint density at radius 3 is 2.76 bits per heavy atom. The third-order valence-corrected chi connectivity index (χ3v) is 3.84. The topological polar surface area (TPSA) is 118 Å². The zero-order valence-corrected chi connectivity index (χ0v) is 11.6. The van der Waals surface area contributed by atoms with E-state index in [1.807, 2.05) is 0 Å². The van der Waals surface area contributed by atoms with E-state index >= 15 is 0 Å². The fourth-order valence-electron chi connectivity index (χ4n) is 2.66. The van der Waals surface area contributed by atoms with Crippen LogP contribution in [0.1, 0.15) is 32.1 Å². The number of carbonyl (C=O) groups is 1. The molecule has 1 aromatic rings. The lowest BCUT2D eigenvalue weighted by Crippen LogP contribution is -2.37. The summed E-state index contributed by atoms with van der Waals surface area (Å²) in [5, 5.41) is 22.9. The summed E-state index contributed by atoms with van der Waals surface area (Å²) >= 11 is 0. The summed E-state index contributed by atoms with van der Waals surface area (Å²) in [6, 6.07) is 3.43. The molecule has 1 aliphatic carbocycles. The van der Waals surface area contributed by atoms with Crippen molar-refractivity contribution in [2.75, 3.05) is 5.32 Å². The van der Waals surface area contributed by atoms with Gasteiger partial charge in [-0.3, -0.25) is 14.9 Å². The van der Waals surface area contributed by atoms with E-state index in [4.69, 9.17) is 5.73 Å². The van der Waals surface area contributed by atoms with E-state index in [0.717, 1.165) is 31.7 Å². The molecule has 0 saturated heterocycles. The highest BCUT2D eigenvalue weighted by atomic mass is 16.6. The SMILES string of the molecule is NC1CCCCCC1C(=O)Nc1ccc(O)cc1[N+](=O)[O-]. The number of nitrogens with one attached hydrogen (secondary N) is 1. The highest BCUT2D eigenvalue weighted by molar-refractivity contribution is 5.95. The minimum Gasteiger partial charge on any atom is -0.508 e. The number of hydrogen-bond acceptors (Lipinski definition) is 5. The largest absolute Gasteiger partial charge is 0.508 e. The van der Waals surface area contributed by atoms with Crippen molar-refractivity contribution in [1.29, 1.82) is 0 Å². The summed E-state index contributed by atoms with van der Waals surface area (Å²) in [4.78, 5) is 22.6. The lowest BCUT2D eigenvalue weighted by atomic mass is 9.94. The standard InChI is InChI=1S/C14H19N3O4/c15-11-5-3-1-2-4-10(11)14(19)16-12-7-6-9(18)8-13(12)17(20)21/h6-8,10-11,18H,1-5,15H2,(H,16,19). The molecule has 1 aromatic carbocycles. The predicted octanol–water partition coefficient (Wildman–Crippen LogP) is 2.15. The first-order chi connectivity index (χ1) is 9.99. The molecule has 0 spiro atoms. The molecule has 0 aromatic heterocycles. The Hall–Kier alpha value is -2.15. The van der Waals surface area contributed by atoms with E-state index in [1.54, 1.807) is 0 Å². The van der Waals surface area contributed by atoms with Gasteiger partial charge in [-0.1, -0.05) is 19.3 Å². The number of carbonyl (C=O) groups excluding carboxylic acids is 1. The number of nitro groups is 1. The number of anilines is 1. The van der Waals surface area contributed by atoms with Gasteiger partial charge in [0.1, 0.15) is 11.4 Å². The molecule has 2 atom stereocenters. The normalized spacial score (nSPS) is 22.3. The summed E-state index contributed by atoms with van der Waals surface area (Å²) < 4.78 is 0. The van der Waals surface area contributed by atoms with Gasteiger partial charge in [0, 0.05) is 6.04 Å².